The van der Waals surface area contributed by atoms with Crippen molar-refractivity contribution in [3.63, 3.8) is 0 Å². The molecule has 3 aromatic rings. The Morgan fingerprint density at radius 1 is 0.733 bits per heavy atom. The van der Waals surface area contributed by atoms with Crippen LogP contribution in [0.25, 0.3) is 0 Å². The lowest BCUT2D eigenvalue weighted by atomic mass is 10.1. The number of alkyl halides is 3. The molecule has 0 amide bonds. The maximum Gasteiger partial charge on any atom is 0.523 e. The van der Waals surface area contributed by atoms with E-state index in [0.717, 1.165) is 26.0 Å². The highest BCUT2D eigenvalue weighted by Gasteiger charge is 2.47. The molecule has 0 saturated carbocycles. The second-order valence-electron chi connectivity index (χ2n) is 6.12. The molecule has 0 atom stereocenters. The van der Waals surface area contributed by atoms with Crippen LogP contribution in [-0.2, 0) is 20.9 Å². The SMILES string of the molecule is O=S(=O)(OCc1ccc(N(c2ccc(Br)cc2)c2ccc(Br)cc2)cc1)C(F)(F)F. The number of halogens is 5. The van der Waals surface area contributed by atoms with E-state index in [1.54, 1.807) is 12.1 Å². The van der Waals surface area contributed by atoms with Crippen LogP contribution in [0.2, 0.25) is 0 Å². The summed E-state index contributed by atoms with van der Waals surface area (Å²) in [6.45, 7) is -0.710. The van der Waals surface area contributed by atoms with E-state index in [4.69, 9.17) is 0 Å². The molecule has 3 aromatic carbocycles. The zero-order chi connectivity index (χ0) is 21.9. The van der Waals surface area contributed by atoms with Crippen molar-refractivity contribution in [3.8, 4) is 0 Å². The average Bonchev–Trinajstić information content (AvgIpc) is 2.69. The van der Waals surface area contributed by atoms with Gasteiger partial charge >= 0.3 is 15.6 Å². The smallest absolute Gasteiger partial charge is 0.311 e. The Bertz CT molecular complexity index is 1060. The Hall–Kier alpha value is -1.88. The number of benzene rings is 3. The van der Waals surface area contributed by atoms with Crippen molar-refractivity contribution in [2.45, 2.75) is 12.1 Å². The van der Waals surface area contributed by atoms with E-state index in [0.29, 0.717) is 0 Å². The minimum absolute atomic E-state index is 0.290. The van der Waals surface area contributed by atoms with E-state index >= 15 is 0 Å². The third kappa shape index (κ3) is 5.42. The summed E-state index contributed by atoms with van der Waals surface area (Å²) < 4.78 is 65.3. The molecule has 30 heavy (non-hydrogen) atoms. The maximum absolute atomic E-state index is 12.4. The molecule has 0 fully saturated rings. The minimum Gasteiger partial charge on any atom is -0.311 e. The molecule has 4 nitrogen and oxygen atoms in total. The van der Waals surface area contributed by atoms with Gasteiger partial charge in [-0.1, -0.05) is 44.0 Å². The summed E-state index contributed by atoms with van der Waals surface area (Å²) >= 11 is 6.81. The van der Waals surface area contributed by atoms with Gasteiger partial charge in [0.05, 0.1) is 6.61 Å². The van der Waals surface area contributed by atoms with Crippen molar-refractivity contribution in [1.82, 2.24) is 0 Å². The van der Waals surface area contributed by atoms with Crippen LogP contribution in [0.4, 0.5) is 30.2 Å². The van der Waals surface area contributed by atoms with Crippen LogP contribution >= 0.6 is 31.9 Å². The summed E-state index contributed by atoms with van der Waals surface area (Å²) in [5, 5.41) is 0. The molecule has 0 aliphatic rings. The van der Waals surface area contributed by atoms with Crippen molar-refractivity contribution in [2.24, 2.45) is 0 Å². The lowest BCUT2D eigenvalue weighted by Crippen LogP contribution is -2.25. The van der Waals surface area contributed by atoms with Gasteiger partial charge in [-0.3, -0.25) is 4.18 Å². The highest BCUT2D eigenvalue weighted by Crippen LogP contribution is 2.36. The summed E-state index contributed by atoms with van der Waals surface area (Å²) in [4.78, 5) is 1.95. The molecule has 0 aromatic heterocycles. The summed E-state index contributed by atoms with van der Waals surface area (Å²) in [6.07, 6.45) is 0. The van der Waals surface area contributed by atoms with Crippen molar-refractivity contribution < 1.29 is 25.8 Å². The quantitative estimate of drug-likeness (QED) is 0.238. The first-order valence-electron chi connectivity index (χ1n) is 8.43. The van der Waals surface area contributed by atoms with Gasteiger partial charge in [-0.05, 0) is 66.2 Å². The summed E-state index contributed by atoms with van der Waals surface area (Å²) in [7, 11) is -5.64. The van der Waals surface area contributed by atoms with Gasteiger partial charge in [-0.2, -0.15) is 21.6 Å². The van der Waals surface area contributed by atoms with Crippen LogP contribution in [0.5, 0.6) is 0 Å². The molecule has 0 spiro atoms. The second kappa shape index (κ2) is 9.09. The molecule has 0 radical (unpaired) electrons. The minimum atomic E-state index is -5.64. The van der Waals surface area contributed by atoms with Crippen molar-refractivity contribution in [2.75, 3.05) is 4.90 Å². The highest BCUT2D eigenvalue weighted by molar-refractivity contribution is 9.10. The van der Waals surface area contributed by atoms with Crippen LogP contribution in [0.3, 0.4) is 0 Å². The number of nitrogens with zero attached hydrogens (tertiary/aromatic N) is 1. The van der Waals surface area contributed by atoms with E-state index < -0.39 is 22.2 Å². The van der Waals surface area contributed by atoms with Gasteiger partial charge in [0.1, 0.15) is 0 Å². The van der Waals surface area contributed by atoms with E-state index in [9.17, 15) is 21.6 Å². The van der Waals surface area contributed by atoms with Gasteiger partial charge < -0.3 is 4.90 Å². The number of rotatable bonds is 6. The van der Waals surface area contributed by atoms with Crippen molar-refractivity contribution >= 4 is 59.0 Å². The van der Waals surface area contributed by atoms with Crippen molar-refractivity contribution in [3.05, 3.63) is 87.3 Å². The summed E-state index contributed by atoms with van der Waals surface area (Å²) in [5.41, 5.74) is -2.69. The van der Waals surface area contributed by atoms with E-state index in [-0.39, 0.29) is 5.56 Å². The maximum atomic E-state index is 12.4. The predicted molar refractivity (Wildman–Crippen MR) is 116 cm³/mol. The Balaban J connectivity index is 1.89. The first-order chi connectivity index (χ1) is 14.1. The Morgan fingerprint density at radius 3 is 1.47 bits per heavy atom. The lowest BCUT2D eigenvalue weighted by Gasteiger charge is -2.25. The van der Waals surface area contributed by atoms with Crippen molar-refractivity contribution in [1.29, 1.82) is 0 Å². The standard InChI is InChI=1S/C20H14Br2F3NO3S/c21-15-3-9-18(10-4-15)26(19-11-5-16(22)6-12-19)17-7-1-14(2-8-17)13-29-30(27,28)20(23,24)25/h1-12H,13H2. The molecule has 0 bridgehead atoms. The number of hydrogen-bond acceptors (Lipinski definition) is 4. The molecule has 0 N–H and O–H groups in total. The molecule has 158 valence electrons. The molecule has 10 heteroatoms. The molecule has 0 unspecified atom stereocenters. The second-order valence-corrected chi connectivity index (χ2v) is 9.55. The monoisotopic (exact) mass is 563 g/mol. The van der Waals surface area contributed by atoms with Crippen LogP contribution in [0.15, 0.2) is 81.7 Å². The molecular formula is C20H14Br2F3NO3S. The van der Waals surface area contributed by atoms with Gasteiger partial charge in [-0.15, -0.1) is 0 Å². The molecule has 0 aliphatic heterocycles. The first-order valence-corrected chi connectivity index (χ1v) is 11.4. The average molecular weight is 565 g/mol. The molecule has 3 rings (SSSR count). The summed E-state index contributed by atoms with van der Waals surface area (Å²) in [6, 6.07) is 21.6. The highest BCUT2D eigenvalue weighted by atomic mass is 79.9. The Kier molecular flexibility index (Phi) is 6.91. The topological polar surface area (TPSA) is 46.6 Å². The first kappa shape index (κ1) is 22.8. The lowest BCUT2D eigenvalue weighted by molar-refractivity contribution is -0.0547. The molecule has 0 heterocycles. The van der Waals surface area contributed by atoms with E-state index in [1.165, 1.54) is 12.1 Å². The fraction of sp³-hybridized carbons (Fsp3) is 0.100. The zero-order valence-electron chi connectivity index (χ0n) is 15.1. The number of anilines is 3. The van der Waals surface area contributed by atoms with Gasteiger partial charge in [0.25, 0.3) is 0 Å². The normalized spacial score (nSPS) is 12.0. The van der Waals surface area contributed by atoms with E-state index in [2.05, 4.69) is 36.0 Å². The fourth-order valence-corrected chi connectivity index (χ4v) is 3.53. The van der Waals surface area contributed by atoms with Gasteiger partial charge in [0.2, 0.25) is 0 Å². The third-order valence-corrected chi connectivity index (χ3v) is 6.08. The number of hydrogen-bond donors (Lipinski definition) is 0. The van der Waals surface area contributed by atoms with Crippen LogP contribution < -0.4 is 4.90 Å². The van der Waals surface area contributed by atoms with Crippen LogP contribution in [0.1, 0.15) is 5.56 Å². The Labute approximate surface area is 188 Å². The van der Waals surface area contributed by atoms with Gasteiger partial charge in [0.15, 0.2) is 0 Å². The summed E-state index contributed by atoms with van der Waals surface area (Å²) in [5.74, 6) is 0. The largest absolute Gasteiger partial charge is 0.523 e. The Morgan fingerprint density at radius 2 is 1.10 bits per heavy atom. The third-order valence-electron chi connectivity index (χ3n) is 4.03. The predicted octanol–water partition coefficient (Wildman–Crippen LogP) is 7.05. The molecule has 0 saturated heterocycles. The van der Waals surface area contributed by atoms with Crippen LogP contribution in [-0.4, -0.2) is 13.9 Å². The van der Waals surface area contributed by atoms with Gasteiger partial charge in [0, 0.05) is 26.0 Å². The molecular weight excluding hydrogens is 551 g/mol. The zero-order valence-corrected chi connectivity index (χ0v) is 19.1. The van der Waals surface area contributed by atoms with E-state index in [1.807, 2.05) is 53.4 Å². The van der Waals surface area contributed by atoms with Crippen LogP contribution in [0, 0.1) is 0 Å². The molecule has 0 aliphatic carbocycles. The fourth-order valence-electron chi connectivity index (χ4n) is 2.58. The van der Waals surface area contributed by atoms with Gasteiger partial charge in [-0.25, -0.2) is 0 Å².